The summed E-state index contributed by atoms with van der Waals surface area (Å²) in [4.78, 5) is 2.88. The Morgan fingerprint density at radius 2 is 2.25 bits per heavy atom. The zero-order valence-corrected chi connectivity index (χ0v) is 13.0. The van der Waals surface area contributed by atoms with Gasteiger partial charge in [0.1, 0.15) is 5.82 Å². The molecule has 1 aromatic rings. The molecule has 1 aromatic carbocycles. The highest BCUT2D eigenvalue weighted by Crippen LogP contribution is 2.31. The van der Waals surface area contributed by atoms with Crippen molar-refractivity contribution < 1.29 is 4.39 Å². The molecule has 0 bridgehead atoms. The molecule has 1 saturated heterocycles. The SMILES string of the molecule is CCC1CCCCN1C(C(N)=S)c1ccc(F)c(C)c1. The van der Waals surface area contributed by atoms with E-state index >= 15 is 0 Å². The number of nitrogens with zero attached hydrogens (tertiary/aromatic N) is 1. The van der Waals surface area contributed by atoms with Crippen molar-refractivity contribution in [2.75, 3.05) is 6.54 Å². The van der Waals surface area contributed by atoms with Crippen molar-refractivity contribution in [2.45, 2.75) is 51.6 Å². The number of benzene rings is 1. The van der Waals surface area contributed by atoms with E-state index in [9.17, 15) is 4.39 Å². The molecular formula is C16H23FN2S. The Balaban J connectivity index is 2.34. The summed E-state index contributed by atoms with van der Waals surface area (Å²) < 4.78 is 13.5. The second-order valence-corrected chi connectivity index (χ2v) is 6.08. The highest BCUT2D eigenvalue weighted by Gasteiger charge is 2.30. The average Bonchev–Trinajstić information content (AvgIpc) is 2.43. The van der Waals surface area contributed by atoms with E-state index in [1.165, 1.54) is 25.3 Å². The summed E-state index contributed by atoms with van der Waals surface area (Å²) in [7, 11) is 0. The minimum atomic E-state index is -0.180. The fourth-order valence-electron chi connectivity index (χ4n) is 3.16. The first-order valence-corrected chi connectivity index (χ1v) is 7.76. The first kappa shape index (κ1) is 15.4. The van der Waals surface area contributed by atoms with Gasteiger partial charge >= 0.3 is 0 Å². The molecule has 4 heteroatoms. The van der Waals surface area contributed by atoms with Crippen LogP contribution < -0.4 is 5.73 Å². The Bertz CT molecular complexity index is 489. The van der Waals surface area contributed by atoms with Gasteiger partial charge in [-0.1, -0.05) is 37.7 Å². The fraction of sp³-hybridized carbons (Fsp3) is 0.562. The number of likely N-dealkylation sites (tertiary alicyclic amines) is 1. The number of piperidine rings is 1. The van der Waals surface area contributed by atoms with Crippen LogP contribution in [-0.4, -0.2) is 22.5 Å². The molecule has 2 unspecified atom stereocenters. The van der Waals surface area contributed by atoms with Crippen LogP contribution in [0.2, 0.25) is 0 Å². The fourth-order valence-corrected chi connectivity index (χ4v) is 3.43. The second-order valence-electron chi connectivity index (χ2n) is 5.61. The normalized spacial score (nSPS) is 21.6. The van der Waals surface area contributed by atoms with Crippen LogP contribution in [0, 0.1) is 12.7 Å². The maximum absolute atomic E-state index is 13.5. The van der Waals surface area contributed by atoms with Crippen molar-refractivity contribution in [3.05, 3.63) is 35.1 Å². The van der Waals surface area contributed by atoms with Crippen molar-refractivity contribution in [1.82, 2.24) is 4.90 Å². The summed E-state index contributed by atoms with van der Waals surface area (Å²) in [5, 5.41) is 0. The predicted molar refractivity (Wildman–Crippen MR) is 85.3 cm³/mol. The third-order valence-electron chi connectivity index (χ3n) is 4.24. The summed E-state index contributed by atoms with van der Waals surface area (Å²) in [5.74, 6) is -0.180. The van der Waals surface area contributed by atoms with Crippen LogP contribution in [0.4, 0.5) is 4.39 Å². The van der Waals surface area contributed by atoms with Gasteiger partial charge in [0.05, 0.1) is 11.0 Å². The number of rotatable bonds is 4. The Morgan fingerprint density at radius 1 is 1.50 bits per heavy atom. The van der Waals surface area contributed by atoms with Gasteiger partial charge in [0.25, 0.3) is 0 Å². The molecule has 1 aliphatic rings. The minimum Gasteiger partial charge on any atom is -0.392 e. The Labute approximate surface area is 126 Å². The van der Waals surface area contributed by atoms with Crippen LogP contribution in [-0.2, 0) is 0 Å². The summed E-state index contributed by atoms with van der Waals surface area (Å²) >= 11 is 5.30. The molecule has 20 heavy (non-hydrogen) atoms. The molecule has 0 amide bonds. The first-order chi connectivity index (χ1) is 9.54. The van der Waals surface area contributed by atoms with Gasteiger partial charge in [0, 0.05) is 6.04 Å². The molecule has 0 aromatic heterocycles. The predicted octanol–water partition coefficient (Wildman–Crippen LogP) is 3.73. The highest BCUT2D eigenvalue weighted by atomic mass is 32.1. The van der Waals surface area contributed by atoms with Crippen molar-refractivity contribution in [2.24, 2.45) is 5.73 Å². The molecule has 1 heterocycles. The van der Waals surface area contributed by atoms with E-state index < -0.39 is 0 Å². The Kier molecular flexibility index (Phi) is 5.11. The lowest BCUT2D eigenvalue weighted by molar-refractivity contribution is 0.122. The maximum Gasteiger partial charge on any atom is 0.126 e. The van der Waals surface area contributed by atoms with Crippen molar-refractivity contribution in [1.29, 1.82) is 0 Å². The van der Waals surface area contributed by atoms with E-state index in [4.69, 9.17) is 18.0 Å². The van der Waals surface area contributed by atoms with Crippen molar-refractivity contribution in [3.63, 3.8) is 0 Å². The average molecular weight is 294 g/mol. The summed E-state index contributed by atoms with van der Waals surface area (Å²) in [6.07, 6.45) is 4.73. The zero-order valence-electron chi connectivity index (χ0n) is 12.2. The van der Waals surface area contributed by atoms with Crippen LogP contribution >= 0.6 is 12.2 Å². The van der Waals surface area contributed by atoms with Gasteiger partial charge in [0.2, 0.25) is 0 Å². The molecule has 1 aliphatic heterocycles. The number of aryl methyl sites for hydroxylation is 1. The molecule has 0 spiro atoms. The third-order valence-corrected chi connectivity index (χ3v) is 4.47. The quantitative estimate of drug-likeness (QED) is 0.858. The van der Waals surface area contributed by atoms with Crippen molar-refractivity contribution >= 4 is 17.2 Å². The third kappa shape index (κ3) is 3.18. The van der Waals surface area contributed by atoms with Gasteiger partial charge in [-0.3, -0.25) is 4.90 Å². The van der Waals surface area contributed by atoms with Crippen LogP contribution in [0.15, 0.2) is 18.2 Å². The molecule has 0 radical (unpaired) electrons. The van der Waals surface area contributed by atoms with Crippen LogP contribution in [0.5, 0.6) is 0 Å². The molecule has 0 saturated carbocycles. The van der Waals surface area contributed by atoms with Gasteiger partial charge in [-0.25, -0.2) is 4.39 Å². The van der Waals surface area contributed by atoms with Gasteiger partial charge in [-0.2, -0.15) is 0 Å². The Hall–Kier alpha value is -1.00. The zero-order chi connectivity index (χ0) is 14.7. The lowest BCUT2D eigenvalue weighted by atomic mass is 9.94. The monoisotopic (exact) mass is 294 g/mol. The standard InChI is InChI=1S/C16H23FN2S/c1-3-13-6-4-5-9-19(13)15(16(18)20)12-7-8-14(17)11(2)10-12/h7-8,10,13,15H,3-6,9H2,1-2H3,(H2,18,20). The second kappa shape index (κ2) is 6.64. The molecule has 2 nitrogen and oxygen atoms in total. The number of halogens is 1. The number of hydrogen-bond donors (Lipinski definition) is 1. The molecular weight excluding hydrogens is 271 g/mol. The summed E-state index contributed by atoms with van der Waals surface area (Å²) in [5.41, 5.74) is 7.66. The first-order valence-electron chi connectivity index (χ1n) is 7.35. The van der Waals surface area contributed by atoms with Crippen LogP contribution in [0.1, 0.15) is 49.8 Å². The maximum atomic E-state index is 13.5. The number of nitrogens with two attached hydrogens (primary N) is 1. The van der Waals surface area contributed by atoms with E-state index in [1.807, 2.05) is 12.1 Å². The van der Waals surface area contributed by atoms with Crippen LogP contribution in [0.25, 0.3) is 0 Å². The van der Waals surface area contributed by atoms with E-state index in [-0.39, 0.29) is 11.9 Å². The van der Waals surface area contributed by atoms with Gasteiger partial charge in [0.15, 0.2) is 0 Å². The van der Waals surface area contributed by atoms with Gasteiger partial charge in [-0.05, 0) is 49.9 Å². The molecule has 1 fully saturated rings. The van der Waals surface area contributed by atoms with E-state index in [2.05, 4.69) is 11.8 Å². The number of thiocarbonyl (C=S) groups is 1. The van der Waals surface area contributed by atoms with E-state index in [0.717, 1.165) is 18.5 Å². The summed E-state index contributed by atoms with van der Waals surface area (Å²) in [6, 6.07) is 5.64. The van der Waals surface area contributed by atoms with Crippen molar-refractivity contribution in [3.8, 4) is 0 Å². The van der Waals surface area contributed by atoms with Crippen LogP contribution in [0.3, 0.4) is 0 Å². The van der Waals surface area contributed by atoms with E-state index in [1.54, 1.807) is 6.92 Å². The van der Waals surface area contributed by atoms with Gasteiger partial charge < -0.3 is 5.73 Å². The largest absolute Gasteiger partial charge is 0.392 e. The van der Waals surface area contributed by atoms with Gasteiger partial charge in [-0.15, -0.1) is 0 Å². The molecule has 2 atom stereocenters. The minimum absolute atomic E-state index is 0.0745. The molecule has 2 rings (SSSR count). The molecule has 0 aliphatic carbocycles. The smallest absolute Gasteiger partial charge is 0.126 e. The number of hydrogen-bond acceptors (Lipinski definition) is 2. The highest BCUT2D eigenvalue weighted by molar-refractivity contribution is 7.80. The lowest BCUT2D eigenvalue weighted by Crippen LogP contribution is -2.46. The molecule has 2 N–H and O–H groups in total. The summed E-state index contributed by atoms with van der Waals surface area (Å²) in [6.45, 7) is 5.00. The van der Waals surface area contributed by atoms with E-state index in [0.29, 0.717) is 16.6 Å². The Morgan fingerprint density at radius 3 is 2.85 bits per heavy atom. The molecule has 110 valence electrons. The topological polar surface area (TPSA) is 29.3 Å². The lowest BCUT2D eigenvalue weighted by Gasteiger charge is -2.40.